The molecule has 6 aromatic rings. The Bertz CT molecular complexity index is 2210. The fraction of sp³-hybridized carbons (Fsp3) is 0.240. The first kappa shape index (κ1) is 40.6. The van der Waals surface area contributed by atoms with Crippen LogP contribution in [0.15, 0.2) is 122 Å². The Kier molecular flexibility index (Phi) is 11.7. The molecular formula is C50H48Cl2N2Ti. The number of aromatic nitrogens is 2. The van der Waals surface area contributed by atoms with Gasteiger partial charge in [-0.2, -0.15) is 0 Å². The molecule has 2 nitrogen and oxygen atoms in total. The third kappa shape index (κ3) is 7.98. The van der Waals surface area contributed by atoms with Crippen molar-refractivity contribution in [1.29, 1.82) is 0 Å². The van der Waals surface area contributed by atoms with Gasteiger partial charge in [0, 0.05) is 0 Å². The van der Waals surface area contributed by atoms with E-state index in [2.05, 4.69) is 177 Å². The largest absolute Gasteiger partial charge is 1.00 e. The average molecular weight is 796 g/mol. The predicted molar refractivity (Wildman–Crippen MR) is 220 cm³/mol. The summed E-state index contributed by atoms with van der Waals surface area (Å²) in [4.78, 5) is 10.1. The third-order valence-corrected chi connectivity index (χ3v) is 14.0. The van der Waals surface area contributed by atoms with E-state index in [0.717, 1.165) is 11.4 Å². The molecule has 2 atom stereocenters. The quantitative estimate of drug-likeness (QED) is 0.170. The number of halogens is 2. The third-order valence-electron chi connectivity index (χ3n) is 11.0. The van der Waals surface area contributed by atoms with Gasteiger partial charge in [0.15, 0.2) is 0 Å². The van der Waals surface area contributed by atoms with Crippen LogP contribution in [0.25, 0.3) is 45.6 Å². The zero-order valence-electron chi connectivity index (χ0n) is 33.0. The Morgan fingerprint density at radius 3 is 1.18 bits per heavy atom. The summed E-state index contributed by atoms with van der Waals surface area (Å²) in [5.41, 5.74) is 20.8. The van der Waals surface area contributed by atoms with Crippen LogP contribution in [0, 0.1) is 13.8 Å². The van der Waals surface area contributed by atoms with Crippen molar-refractivity contribution < 1.29 is 44.0 Å². The van der Waals surface area contributed by atoms with Gasteiger partial charge in [0.25, 0.3) is 0 Å². The summed E-state index contributed by atoms with van der Waals surface area (Å²) >= 11 is -0.730. The Morgan fingerprint density at radius 1 is 0.473 bits per heavy atom. The maximum atomic E-state index is 5.04. The first-order valence-corrected chi connectivity index (χ1v) is 20.7. The fourth-order valence-electron chi connectivity index (χ4n) is 7.85. The number of hydrogen-bond acceptors (Lipinski definition) is 2. The molecule has 0 radical (unpaired) electrons. The van der Waals surface area contributed by atoms with E-state index >= 15 is 0 Å². The Morgan fingerprint density at radius 2 is 0.855 bits per heavy atom. The second kappa shape index (κ2) is 15.8. The van der Waals surface area contributed by atoms with Crippen molar-refractivity contribution in [2.45, 2.75) is 74.7 Å². The summed E-state index contributed by atoms with van der Waals surface area (Å²) in [5.74, 6) is 0. The summed E-state index contributed by atoms with van der Waals surface area (Å²) in [7, 11) is 0. The van der Waals surface area contributed by atoms with Crippen molar-refractivity contribution in [3.05, 3.63) is 177 Å². The molecule has 2 heterocycles. The Hall–Kier alpha value is -4.05. The molecule has 2 unspecified atom stereocenters. The number of pyridine rings is 2. The maximum absolute atomic E-state index is 5.04. The van der Waals surface area contributed by atoms with E-state index in [-0.39, 0.29) is 44.1 Å². The van der Waals surface area contributed by atoms with Crippen molar-refractivity contribution in [3.63, 3.8) is 0 Å². The molecule has 4 aromatic carbocycles. The van der Waals surface area contributed by atoms with Gasteiger partial charge in [-0.15, -0.1) is 0 Å². The smallest absolute Gasteiger partial charge is 1.00 e. The number of benzene rings is 4. The van der Waals surface area contributed by atoms with E-state index in [1.54, 1.807) is 0 Å². The molecule has 0 saturated carbocycles. The van der Waals surface area contributed by atoms with E-state index in [4.69, 9.17) is 9.97 Å². The van der Waals surface area contributed by atoms with Crippen LogP contribution in [0.3, 0.4) is 0 Å². The van der Waals surface area contributed by atoms with E-state index in [0.29, 0.717) is 0 Å². The topological polar surface area (TPSA) is 25.8 Å². The van der Waals surface area contributed by atoms with Crippen molar-refractivity contribution in [2.75, 3.05) is 0 Å². The van der Waals surface area contributed by atoms with Crippen LogP contribution < -0.4 is 24.8 Å². The minimum Gasteiger partial charge on any atom is -1.00 e. The molecule has 276 valence electrons. The summed E-state index contributed by atoms with van der Waals surface area (Å²) in [5, 5.41) is 0. The molecule has 0 fully saturated rings. The predicted octanol–water partition coefficient (Wildman–Crippen LogP) is 7.00. The zero-order chi connectivity index (χ0) is 37.1. The normalized spacial score (nSPS) is 15.9. The van der Waals surface area contributed by atoms with Crippen LogP contribution in [-0.4, -0.2) is 9.97 Å². The number of nitrogens with zero attached hydrogens (tertiary/aromatic N) is 2. The summed E-state index contributed by atoms with van der Waals surface area (Å²) in [6, 6.07) is 41.2. The van der Waals surface area contributed by atoms with E-state index < -0.39 is 19.2 Å². The van der Waals surface area contributed by atoms with Crippen LogP contribution in [0.2, 0.25) is 0 Å². The van der Waals surface area contributed by atoms with Gasteiger partial charge in [-0.25, -0.2) is 0 Å². The maximum Gasteiger partial charge on any atom is -1.00 e. The summed E-state index contributed by atoms with van der Waals surface area (Å²) in [6.45, 7) is 17.9. The van der Waals surface area contributed by atoms with Gasteiger partial charge >= 0.3 is 327 Å². The second-order valence-corrected chi connectivity index (χ2v) is 19.3. The number of allylic oxidation sites excluding steroid dienone is 2. The fourth-order valence-corrected chi connectivity index (χ4v) is 11.0. The molecule has 0 N–H and O–H groups in total. The van der Waals surface area contributed by atoms with Crippen LogP contribution in [0.5, 0.6) is 0 Å². The molecule has 2 aliphatic carbocycles. The molecule has 0 amide bonds. The van der Waals surface area contributed by atoms with Crippen LogP contribution in [0.4, 0.5) is 0 Å². The number of hydrogen-bond donors (Lipinski definition) is 0. The van der Waals surface area contributed by atoms with Crippen molar-refractivity contribution in [2.24, 2.45) is 0 Å². The Labute approximate surface area is 349 Å². The van der Waals surface area contributed by atoms with Gasteiger partial charge in [0.05, 0.1) is 0 Å². The minimum absolute atomic E-state index is 0. The standard InChI is InChI=1S/2C25H24N.2ClH.Ti/c2*1-17-8-13-24(26-16-17)20-14-19-6-5-7-22(23(19)15-20)18-9-11-21(12-10-18)25(2,3)4;;;/h2*5-16H,1-4H3;2*1H;/q;;;;+2/p-2. The molecular weight excluding hydrogens is 747 g/mol. The summed E-state index contributed by atoms with van der Waals surface area (Å²) < 4.78 is 0.571. The van der Waals surface area contributed by atoms with E-state index in [1.165, 1.54) is 77.9 Å². The molecule has 2 aliphatic rings. The van der Waals surface area contributed by atoms with Gasteiger partial charge in [-0.05, 0) is 0 Å². The van der Waals surface area contributed by atoms with Gasteiger partial charge in [-0.1, -0.05) is 0 Å². The molecule has 2 aromatic heterocycles. The van der Waals surface area contributed by atoms with E-state index in [1.807, 2.05) is 12.4 Å². The molecule has 5 heteroatoms. The SMILES string of the molecule is Cc1ccc(C2=Cc3c(-c4ccc(C(C)(C)C)cc4)cccc3[CH]2[Ti+2][CH]2C(c3ccc(C)cn3)=Cc3c(-c4ccc(C(C)(C)C)cc4)cccc32)nc1.[Cl-].[Cl-]. The van der Waals surface area contributed by atoms with Crippen LogP contribution in [-0.2, 0) is 30.0 Å². The minimum atomic E-state index is -0.730. The molecule has 0 saturated heterocycles. The number of fused-ring (bicyclic) bond motifs is 2. The van der Waals surface area contributed by atoms with Crippen LogP contribution in [0.1, 0.15) is 106 Å². The zero-order valence-corrected chi connectivity index (χ0v) is 36.1. The van der Waals surface area contributed by atoms with Gasteiger partial charge in [0.2, 0.25) is 0 Å². The number of aryl methyl sites for hydroxylation is 2. The van der Waals surface area contributed by atoms with Crippen molar-refractivity contribution >= 4 is 23.3 Å². The molecule has 0 aliphatic heterocycles. The van der Waals surface area contributed by atoms with E-state index in [9.17, 15) is 0 Å². The average Bonchev–Trinajstić information content (AvgIpc) is 3.70. The molecule has 55 heavy (non-hydrogen) atoms. The van der Waals surface area contributed by atoms with Crippen LogP contribution >= 0.6 is 0 Å². The number of rotatable bonds is 6. The van der Waals surface area contributed by atoms with Gasteiger partial charge in [-0.3, -0.25) is 0 Å². The molecule has 0 spiro atoms. The monoisotopic (exact) mass is 794 g/mol. The Balaban J connectivity index is 0.00000257. The van der Waals surface area contributed by atoms with Gasteiger partial charge < -0.3 is 24.8 Å². The first-order chi connectivity index (χ1) is 25.3. The van der Waals surface area contributed by atoms with Crippen molar-refractivity contribution in [3.8, 4) is 22.3 Å². The first-order valence-electron chi connectivity index (χ1n) is 18.9. The molecule has 0 bridgehead atoms. The molecule has 8 rings (SSSR count). The second-order valence-electron chi connectivity index (χ2n) is 16.9. The van der Waals surface area contributed by atoms with Crippen molar-refractivity contribution in [1.82, 2.24) is 9.97 Å². The summed E-state index contributed by atoms with van der Waals surface area (Å²) in [6.07, 6.45) is 8.97. The van der Waals surface area contributed by atoms with Gasteiger partial charge in [0.1, 0.15) is 0 Å².